The van der Waals surface area contributed by atoms with Crippen molar-refractivity contribution >= 4 is 56.3 Å². The van der Waals surface area contributed by atoms with Crippen molar-refractivity contribution < 1.29 is 9.53 Å². The second-order valence-corrected chi connectivity index (χ2v) is 91.6. The Labute approximate surface area is 304 Å². The third-order valence-electron chi connectivity index (χ3n) is 16.5. The van der Waals surface area contributed by atoms with Crippen molar-refractivity contribution in [3.05, 3.63) is 0 Å². The fourth-order valence-corrected chi connectivity index (χ4v) is 294. The molecular weight excluding hydrogens is 685 g/mol. The van der Waals surface area contributed by atoms with Crippen LogP contribution in [-0.2, 0) is 4.43 Å². The molecule has 0 aromatic carbocycles. The van der Waals surface area contributed by atoms with Crippen LogP contribution in [0, 0.1) is 0 Å². The van der Waals surface area contributed by atoms with Crippen molar-refractivity contribution in [1.82, 2.24) is 0 Å². The van der Waals surface area contributed by atoms with Gasteiger partial charge in [-0.05, 0) is 40.3 Å². The standard InChI is InChI=1S/C38H88O2Si7/c1-31(2,3)42(26,32(4,5)6)41-30(39)46(40-25,43(27,33(7,8)9)34(10,11)12)47(41,44(28,35(13,14)15)36(16,17)18)45(29,37(19,20)21)38(22,23)24/h39H,1-29H3/t46-/m0/s1. The third kappa shape index (κ3) is 5.34. The van der Waals surface area contributed by atoms with Crippen LogP contribution in [-0.4, -0.2) is 68.5 Å². The summed E-state index contributed by atoms with van der Waals surface area (Å²) in [6.07, 6.45) is -2.64. The van der Waals surface area contributed by atoms with Crippen LogP contribution >= 0.6 is 0 Å². The van der Waals surface area contributed by atoms with E-state index in [2.05, 4.69) is 199 Å². The largest absolute Gasteiger partial charge is 0.521 e. The Hall–Kier alpha value is 1.15. The van der Waals surface area contributed by atoms with Gasteiger partial charge in [0, 0.05) is 14.6 Å². The van der Waals surface area contributed by atoms with Crippen molar-refractivity contribution in [1.29, 1.82) is 0 Å². The Bertz CT molecular complexity index is 1120. The lowest BCUT2D eigenvalue weighted by molar-refractivity contribution is 0.418. The molecule has 0 spiro atoms. The maximum Gasteiger partial charge on any atom is 0.224 e. The first-order chi connectivity index (χ1) is 19.8. The highest BCUT2D eigenvalue weighted by Crippen LogP contribution is 2.74. The molecule has 0 radical (unpaired) electrons. The Morgan fingerprint density at radius 2 is 0.638 bits per heavy atom. The maximum atomic E-state index is 14.1. The molecule has 0 saturated carbocycles. The van der Waals surface area contributed by atoms with Gasteiger partial charge in [-0.3, -0.25) is 0 Å². The van der Waals surface area contributed by atoms with E-state index in [0.717, 1.165) is 4.98 Å². The van der Waals surface area contributed by atoms with Gasteiger partial charge >= 0.3 is 0 Å². The number of rotatable bonds is 5. The van der Waals surface area contributed by atoms with Gasteiger partial charge in [0.15, 0.2) is 0 Å². The summed E-state index contributed by atoms with van der Waals surface area (Å²) in [5, 5.41) is 15.2. The molecule has 0 aromatic heterocycles. The molecule has 1 atom stereocenters. The third-order valence-corrected chi connectivity index (χ3v) is 170. The summed E-state index contributed by atoms with van der Waals surface area (Å²) < 4.78 is 7.94. The predicted molar refractivity (Wildman–Crippen MR) is 235 cm³/mol. The molecule has 0 aromatic rings. The van der Waals surface area contributed by atoms with E-state index in [-0.39, 0.29) is 40.3 Å². The second-order valence-electron chi connectivity index (χ2n) is 24.9. The molecule has 1 N–H and O–H groups in total. The van der Waals surface area contributed by atoms with Gasteiger partial charge in [-0.1, -0.05) is 192 Å². The number of hydrogen-bond acceptors (Lipinski definition) is 2. The molecule has 1 rings (SSSR count). The average Bonchev–Trinajstić information content (AvgIpc) is 2.75. The van der Waals surface area contributed by atoms with Crippen molar-refractivity contribution in [2.45, 2.75) is 233 Å². The minimum atomic E-state index is -3.01. The summed E-state index contributed by atoms with van der Waals surface area (Å²) in [6.45, 7) is 74.5. The van der Waals surface area contributed by atoms with Crippen molar-refractivity contribution in [2.75, 3.05) is 7.11 Å². The first-order valence-electron chi connectivity index (χ1n) is 18.8. The van der Waals surface area contributed by atoms with E-state index in [1.165, 1.54) is 0 Å². The van der Waals surface area contributed by atoms with Gasteiger partial charge in [0.1, 0.15) is 0 Å². The zero-order chi connectivity index (χ0) is 38.9. The highest BCUT2D eigenvalue weighted by molar-refractivity contribution is 8.24. The Morgan fingerprint density at radius 3 is 0.787 bits per heavy atom. The minimum absolute atomic E-state index is 0.0741. The Kier molecular flexibility index (Phi) is 11.6. The average molecular weight is 774 g/mol. The summed E-state index contributed by atoms with van der Waals surface area (Å²) in [6, 6.07) is 0. The van der Waals surface area contributed by atoms with E-state index in [0.29, 0.717) is 0 Å². The van der Waals surface area contributed by atoms with Crippen molar-refractivity contribution in [2.24, 2.45) is 0 Å². The topological polar surface area (TPSA) is 29.5 Å². The Balaban J connectivity index is 5.71. The molecule has 1 aliphatic rings. The van der Waals surface area contributed by atoms with Gasteiger partial charge in [-0.25, -0.2) is 0 Å². The number of aliphatic hydroxyl groups excluding tert-OH is 1. The molecule has 0 amide bonds. The lowest BCUT2D eigenvalue weighted by Gasteiger charge is -2.83. The first-order valence-corrected chi connectivity index (χ1v) is 40.2. The summed E-state index contributed by atoms with van der Waals surface area (Å²) >= 11 is 0. The van der Waals surface area contributed by atoms with Crippen LogP contribution in [0.3, 0.4) is 0 Å². The van der Waals surface area contributed by atoms with E-state index in [9.17, 15) is 5.11 Å². The molecule has 0 fully saturated rings. The fraction of sp³-hybridized carbons (Fsp3) is 0.974. The normalized spacial score (nSPS) is 22.1. The maximum absolute atomic E-state index is 14.1. The molecular formula is C38H88O2Si7. The van der Waals surface area contributed by atoms with Crippen LogP contribution in [0.2, 0.25) is 66.5 Å². The molecule has 47 heavy (non-hydrogen) atoms. The molecule has 2 nitrogen and oxygen atoms in total. The molecule has 0 aliphatic carbocycles. The van der Waals surface area contributed by atoms with Crippen LogP contribution in [0.25, 0.3) is 0 Å². The molecule has 1 aliphatic heterocycles. The minimum Gasteiger partial charge on any atom is -0.521 e. The van der Waals surface area contributed by atoms with Gasteiger partial charge in [0.25, 0.3) is 0 Å². The Morgan fingerprint density at radius 1 is 0.426 bits per heavy atom. The monoisotopic (exact) mass is 773 g/mol. The molecule has 0 saturated heterocycles. The van der Waals surface area contributed by atoms with Crippen LogP contribution in [0.15, 0.2) is 0 Å². The molecule has 0 bridgehead atoms. The summed E-state index contributed by atoms with van der Waals surface area (Å²) in [5.74, 6) is 0. The van der Waals surface area contributed by atoms with Crippen molar-refractivity contribution in [3.63, 3.8) is 0 Å². The van der Waals surface area contributed by atoms with Gasteiger partial charge in [0.2, 0.25) is 7.35 Å². The zero-order valence-electron chi connectivity index (χ0n) is 37.9. The second kappa shape index (κ2) is 11.8. The van der Waals surface area contributed by atoms with Crippen LogP contribution in [0.5, 0.6) is 0 Å². The SMILES string of the molecule is CO[Si@]1([Si](C)(C(C)(C)C)C(C)(C)C)C(O)=[Si]([Si](C)(C(C)(C)C)C(C)(C)C)[Si]1([Si](C)(C(C)(C)C)C(C)(C)C)[Si](C)(C(C)(C)C)C(C)(C)C. The first kappa shape index (κ1) is 46.2. The highest BCUT2D eigenvalue weighted by Gasteiger charge is 2.95. The summed E-state index contributed by atoms with van der Waals surface area (Å²) in [5.41, 5.74) is 0. The van der Waals surface area contributed by atoms with E-state index < -0.39 is 51.3 Å². The zero-order valence-corrected chi connectivity index (χ0v) is 44.9. The lowest BCUT2D eigenvalue weighted by atomic mass is 10.2. The van der Waals surface area contributed by atoms with Crippen LogP contribution in [0.4, 0.5) is 0 Å². The highest BCUT2D eigenvalue weighted by atomic mass is 30.3. The van der Waals surface area contributed by atoms with E-state index in [4.69, 9.17) is 4.43 Å². The number of aliphatic hydroxyl groups is 1. The van der Waals surface area contributed by atoms with Crippen LogP contribution < -0.4 is 0 Å². The summed E-state index contributed by atoms with van der Waals surface area (Å²) in [7, 11) is -11.8. The van der Waals surface area contributed by atoms with Gasteiger partial charge < -0.3 is 9.53 Å². The van der Waals surface area contributed by atoms with Crippen molar-refractivity contribution in [3.8, 4) is 0 Å². The lowest BCUT2D eigenvalue weighted by Crippen LogP contribution is -3.13. The van der Waals surface area contributed by atoms with Crippen LogP contribution in [0.1, 0.15) is 166 Å². The van der Waals surface area contributed by atoms with E-state index in [1.54, 1.807) is 0 Å². The smallest absolute Gasteiger partial charge is 0.224 e. The summed E-state index contributed by atoms with van der Waals surface area (Å²) in [4.78, 5) is 1.06. The quantitative estimate of drug-likeness (QED) is 0.282. The van der Waals surface area contributed by atoms with E-state index in [1.807, 2.05) is 0 Å². The molecule has 280 valence electrons. The number of hydrogen-bond donors (Lipinski definition) is 1. The van der Waals surface area contributed by atoms with E-state index >= 15 is 0 Å². The van der Waals surface area contributed by atoms with Gasteiger partial charge in [0.05, 0.1) is 41.5 Å². The van der Waals surface area contributed by atoms with Gasteiger partial charge in [-0.2, -0.15) is 0 Å². The van der Waals surface area contributed by atoms with Gasteiger partial charge in [-0.15, -0.1) is 0 Å². The predicted octanol–water partition coefficient (Wildman–Crippen LogP) is 13.3. The molecule has 9 heteroatoms. The molecule has 1 heterocycles. The fourth-order valence-electron chi connectivity index (χ4n) is 12.6. The molecule has 0 unspecified atom stereocenters.